The molecule has 11 rings (SSSR count). The highest BCUT2D eigenvalue weighted by molar-refractivity contribution is 6.00. The van der Waals surface area contributed by atoms with Crippen molar-refractivity contribution in [1.82, 2.24) is 56.5 Å². The summed E-state index contributed by atoms with van der Waals surface area (Å²) in [5, 5.41) is 31.3. The Morgan fingerprint density at radius 3 is 2.15 bits per heavy atom. The van der Waals surface area contributed by atoms with Gasteiger partial charge in [-0.05, 0) is 142 Å². The van der Waals surface area contributed by atoms with E-state index in [1.165, 1.54) is 42.9 Å². The first-order valence-electron chi connectivity index (χ1n) is 40.3. The standard InChI is InChI=1S/C85H113FN12O17.CH3/c1-54-79(106)91-66-45-59-16-12-17-60(43-59)49-87-75(104)53-115-71-31-37-96-78(71)82(109)93-77(55(2)99)81(108)92-67(44-57-23-26-64(112-7)27-24-57)84(111)97-36-14-33-85(97,3)72(101)18-13-15-56-19-21-58(22-20-56)51-95(35-11-9-8-10-34-94-52-62(46-61(83(96)110)47-70(66)100)65-48-63(86)25-28-69(65)94)76(105)30-29-74(103)90-68(80(107)89-54)50-88-73(102)32-39-113-41-42-114-40-38-98(4,5)6;/h12,16-17,19-28,43,48,52,54-55,61,66-68,71,77-78,99H,8-11,13-15,18,29-42,44-47,49-51,53H2,1-7H3,(H6-,87,88,89,90,91,92,93,102,103,104,106,107,108,109);1H3/q;-1/p+1/t54-,55-,61-,66+,67+,68+,71+,77+,78+,85+;/m1./s1. The van der Waals surface area contributed by atoms with Crippen molar-refractivity contribution in [3.63, 3.8) is 0 Å². The van der Waals surface area contributed by atoms with Crippen LogP contribution in [0, 0.1) is 19.2 Å². The number of aromatic nitrogens is 1. The van der Waals surface area contributed by atoms with E-state index in [2.05, 4.69) is 37.2 Å². The molecular formula is C86H117FN12O17. The molecule has 0 radical (unpaired) electrons. The van der Waals surface area contributed by atoms with Gasteiger partial charge in [-0.2, -0.15) is 0 Å². The molecule has 1 aromatic heterocycles. The number of carbonyl (C=O) groups excluding carboxylic acids is 12. The number of hydrogen-bond donors (Lipinski definition) is 8. The lowest BCUT2D eigenvalue weighted by molar-refractivity contribution is -0.870. The third-order valence-electron chi connectivity index (χ3n) is 22.3. The maximum Gasteiger partial charge on any atom is 0.246 e. The van der Waals surface area contributed by atoms with Crippen molar-refractivity contribution in [3.8, 4) is 5.75 Å². The highest BCUT2D eigenvalue weighted by atomic mass is 19.1. The highest BCUT2D eigenvalue weighted by Crippen LogP contribution is 2.35. The van der Waals surface area contributed by atoms with Crippen molar-refractivity contribution in [1.29, 1.82) is 0 Å². The molecule has 8 N–H and O–H groups in total. The number of benzene rings is 4. The first-order valence-corrected chi connectivity index (χ1v) is 40.3. The number of methoxy groups -OCH3 is 1. The van der Waals surface area contributed by atoms with E-state index >= 15 is 28.4 Å². The molecule has 2 saturated heterocycles. The average Bonchev–Trinajstić information content (AvgIpc) is 1.59. The summed E-state index contributed by atoms with van der Waals surface area (Å²) in [6.45, 7) is 5.85. The van der Waals surface area contributed by atoms with Gasteiger partial charge in [-0.25, -0.2) is 4.39 Å². The van der Waals surface area contributed by atoms with Crippen LogP contribution in [0.2, 0.25) is 0 Å². The topological polar surface area (TPSA) is 361 Å². The molecule has 7 heterocycles. The van der Waals surface area contributed by atoms with Crippen LogP contribution in [-0.4, -0.2) is 248 Å². The van der Waals surface area contributed by atoms with Gasteiger partial charge in [0, 0.05) is 107 Å². The van der Waals surface area contributed by atoms with E-state index < -0.39 is 144 Å². The Labute approximate surface area is 678 Å². The van der Waals surface area contributed by atoms with Crippen LogP contribution in [0.25, 0.3) is 10.9 Å². The van der Waals surface area contributed by atoms with Crippen LogP contribution in [0.5, 0.6) is 5.75 Å². The number of nitrogens with one attached hydrogen (secondary N) is 7. The molecule has 0 aliphatic carbocycles. The van der Waals surface area contributed by atoms with Gasteiger partial charge in [0.05, 0.1) is 78.5 Å². The van der Waals surface area contributed by atoms with E-state index in [1.807, 2.05) is 50.0 Å². The summed E-state index contributed by atoms with van der Waals surface area (Å²) in [6.07, 6.45) is 1.09. The Kier molecular flexibility index (Phi) is 32.7. The fourth-order valence-electron chi connectivity index (χ4n) is 15.6. The first kappa shape index (κ1) is 89.9. The summed E-state index contributed by atoms with van der Waals surface area (Å²) >= 11 is 0. The lowest BCUT2D eigenvalue weighted by atomic mass is 9.88. The number of rotatable bonds is 15. The zero-order valence-electron chi connectivity index (χ0n) is 68.2. The van der Waals surface area contributed by atoms with Crippen LogP contribution >= 0.6 is 0 Å². The van der Waals surface area contributed by atoms with Gasteiger partial charge in [0.2, 0.25) is 59.1 Å². The van der Waals surface area contributed by atoms with E-state index in [0.717, 1.165) is 17.7 Å². The number of quaternary nitrogens is 1. The summed E-state index contributed by atoms with van der Waals surface area (Å²) in [7, 11) is 7.64. The Morgan fingerprint density at radius 2 is 1.41 bits per heavy atom. The molecule has 5 aromatic rings. The Morgan fingerprint density at radius 1 is 0.690 bits per heavy atom. The molecule has 30 heteroatoms. The molecule has 0 saturated carbocycles. The molecule has 116 heavy (non-hydrogen) atoms. The summed E-state index contributed by atoms with van der Waals surface area (Å²) in [6, 6.07) is 16.3. The second-order valence-corrected chi connectivity index (χ2v) is 32.2. The van der Waals surface area contributed by atoms with Gasteiger partial charge in [-0.3, -0.25) is 57.5 Å². The van der Waals surface area contributed by atoms with Gasteiger partial charge < -0.3 is 92.4 Å². The van der Waals surface area contributed by atoms with Crippen LogP contribution < -0.4 is 42.0 Å². The maximum absolute atomic E-state index is 16.2. The number of nitrogens with zero attached hydrogens (tertiary/aromatic N) is 5. The van der Waals surface area contributed by atoms with Crippen molar-refractivity contribution >= 4 is 81.5 Å². The predicted molar refractivity (Wildman–Crippen MR) is 430 cm³/mol. The number of likely N-dealkylation sites (N-methyl/N-ethyl adjacent to an activating group) is 1. The van der Waals surface area contributed by atoms with Crippen molar-refractivity contribution < 1.29 is 90.5 Å². The van der Waals surface area contributed by atoms with Gasteiger partial charge >= 0.3 is 0 Å². The number of aliphatic hydroxyl groups excluding tert-OH is 1. The number of halogens is 1. The van der Waals surface area contributed by atoms with Crippen LogP contribution in [0.1, 0.15) is 138 Å². The second kappa shape index (κ2) is 42.2. The molecule has 12 bridgehead atoms. The zero-order valence-corrected chi connectivity index (χ0v) is 68.2. The minimum absolute atomic E-state index is 0. The van der Waals surface area contributed by atoms with Crippen LogP contribution in [0.4, 0.5) is 4.39 Å². The largest absolute Gasteiger partial charge is 0.497 e. The number of ketones is 2. The SMILES string of the molecule is COc1ccc(C[C@@H]2NC(=O)[C@H]([C@@H](C)O)NC(=O)[C@@H]3[C@@H]4CCN3C(=O)[C@H]3CC(=O)[C@H](Cc5cccc(c5)CNC(=O)CO4)NC(=O)[C@@H](C)NC(=O)[C@H](CNC(=O)CCOCCOCC[N+](C)(C)C)NC(=O)CCC(=O)N(CCCCCCn4cc(c5cc(F)ccc54)C3)Cc3ccc(cc3)CCCC(=O)[C@]3(C)CCCN3C2=O)cc1.[CH3-]. The zero-order chi connectivity index (χ0) is 82.5. The van der Waals surface area contributed by atoms with Crippen molar-refractivity contribution in [3.05, 3.63) is 144 Å². The number of Topliss-reactive ketones (excluding diaryl/α,β-unsaturated/α-hetero) is 2. The number of hydrogen-bond acceptors (Lipinski definition) is 17. The van der Waals surface area contributed by atoms with Crippen LogP contribution in [-0.2, 0) is 117 Å². The summed E-state index contributed by atoms with van der Waals surface area (Å²) in [5.41, 5.74) is 3.12. The monoisotopic (exact) mass is 1610 g/mol. The molecule has 0 spiro atoms. The lowest BCUT2D eigenvalue weighted by Crippen LogP contribution is -2.62. The van der Waals surface area contributed by atoms with E-state index in [-0.39, 0.29) is 110 Å². The van der Waals surface area contributed by atoms with E-state index in [4.69, 9.17) is 18.9 Å². The normalized spacial score (nSPS) is 24.5. The van der Waals surface area contributed by atoms with Crippen LogP contribution in [0.3, 0.4) is 0 Å². The molecule has 4 aromatic carbocycles. The van der Waals surface area contributed by atoms with E-state index in [9.17, 15) is 38.7 Å². The molecule has 0 unspecified atom stereocenters. The number of amides is 10. The average molecular weight is 1610 g/mol. The fourth-order valence-corrected chi connectivity index (χ4v) is 15.6. The molecule has 6 aliphatic rings. The number of ether oxygens (including phenoxy) is 4. The van der Waals surface area contributed by atoms with E-state index in [1.54, 1.807) is 72.6 Å². The Balaban J connectivity index is 0.0000154. The number of carbonyl (C=O) groups is 12. The van der Waals surface area contributed by atoms with Crippen LogP contribution in [0.15, 0.2) is 97.2 Å². The molecule has 2 fully saturated rings. The number of aryl methyl sites for hydroxylation is 2. The van der Waals surface area contributed by atoms with Crippen molar-refractivity contribution in [2.45, 2.75) is 204 Å². The Hall–Kier alpha value is -10.0. The predicted octanol–water partition coefficient (Wildman–Crippen LogP) is 4.20. The molecule has 29 nitrogen and oxygen atoms in total. The molecule has 6 aliphatic heterocycles. The highest BCUT2D eigenvalue weighted by Gasteiger charge is 2.49. The summed E-state index contributed by atoms with van der Waals surface area (Å²) < 4.78 is 41.5. The summed E-state index contributed by atoms with van der Waals surface area (Å²) in [4.78, 5) is 183. The first-order chi connectivity index (χ1) is 55.0. The quantitative estimate of drug-likeness (QED) is 0.0414. The van der Waals surface area contributed by atoms with Crippen molar-refractivity contribution in [2.24, 2.45) is 5.92 Å². The van der Waals surface area contributed by atoms with Gasteiger partial charge in [0.1, 0.15) is 54.9 Å². The molecular weight excluding hydrogens is 1490 g/mol. The Bertz CT molecular complexity index is 4280. The molecule has 10 atom stereocenters. The smallest absolute Gasteiger partial charge is 0.246 e. The van der Waals surface area contributed by atoms with E-state index in [0.29, 0.717) is 121 Å². The number of fused-ring (bicyclic) bond motifs is 16. The minimum Gasteiger partial charge on any atom is -0.497 e. The van der Waals surface area contributed by atoms with Gasteiger partial charge in [-0.15, -0.1) is 0 Å². The second-order valence-electron chi connectivity index (χ2n) is 32.2. The number of aliphatic hydroxyl groups is 1. The van der Waals surface area contributed by atoms with Gasteiger partial charge in [0.25, 0.3) is 0 Å². The third-order valence-corrected chi connectivity index (χ3v) is 22.3. The molecule has 10 amide bonds. The third kappa shape index (κ3) is 25.0. The lowest BCUT2D eigenvalue weighted by Gasteiger charge is -2.37. The molecule has 630 valence electrons. The summed E-state index contributed by atoms with van der Waals surface area (Å²) in [5.74, 6) is -9.77. The van der Waals surface area contributed by atoms with Crippen molar-refractivity contribution in [2.75, 3.05) is 94.0 Å². The van der Waals surface area contributed by atoms with Gasteiger partial charge in [0.15, 0.2) is 11.6 Å². The minimum atomic E-state index is -1.83. The van der Waals surface area contributed by atoms with Gasteiger partial charge in [-0.1, -0.05) is 73.5 Å². The fraction of sp³-hybridized carbons (Fsp3) is 0.547. The maximum atomic E-state index is 16.2.